The van der Waals surface area contributed by atoms with Crippen molar-refractivity contribution in [3.63, 3.8) is 0 Å². The minimum Gasteiger partial charge on any atom is -0.496 e. The smallest absolute Gasteiger partial charge is 0.126 e. The first kappa shape index (κ1) is 14.1. The molecule has 0 aliphatic heterocycles. The molecule has 0 amide bonds. The summed E-state index contributed by atoms with van der Waals surface area (Å²) >= 11 is 0. The highest BCUT2D eigenvalue weighted by atomic mass is 19.1. The van der Waals surface area contributed by atoms with Gasteiger partial charge in [-0.25, -0.2) is 4.39 Å². The predicted molar refractivity (Wildman–Crippen MR) is 83.0 cm³/mol. The summed E-state index contributed by atoms with van der Waals surface area (Å²) < 4.78 is 19.2. The van der Waals surface area contributed by atoms with E-state index in [4.69, 9.17) is 4.74 Å². The zero-order chi connectivity index (χ0) is 14.8. The zero-order valence-corrected chi connectivity index (χ0v) is 12.4. The number of aryl methyl sites for hydroxylation is 1. The number of ether oxygens (including phenoxy) is 1. The molecule has 0 aromatic heterocycles. The summed E-state index contributed by atoms with van der Waals surface area (Å²) in [5.74, 6) is 0.558. The third-order valence-corrected chi connectivity index (χ3v) is 3.88. The molecule has 1 aliphatic rings. The molecule has 1 saturated carbocycles. The molecule has 0 heterocycles. The van der Waals surface area contributed by atoms with Crippen LogP contribution in [0.25, 0.3) is 11.1 Å². The van der Waals surface area contributed by atoms with E-state index in [9.17, 15) is 4.39 Å². The Morgan fingerprint density at radius 3 is 2.67 bits per heavy atom. The van der Waals surface area contributed by atoms with Crippen molar-refractivity contribution in [1.82, 2.24) is 5.32 Å². The van der Waals surface area contributed by atoms with Crippen molar-refractivity contribution in [2.45, 2.75) is 32.4 Å². The summed E-state index contributed by atoms with van der Waals surface area (Å²) in [7, 11) is 1.65. The van der Waals surface area contributed by atoms with E-state index in [0.29, 0.717) is 6.04 Å². The molecule has 0 atom stereocenters. The van der Waals surface area contributed by atoms with Gasteiger partial charge in [0.05, 0.1) is 7.11 Å². The maximum Gasteiger partial charge on any atom is 0.126 e. The highest BCUT2D eigenvalue weighted by molar-refractivity contribution is 5.74. The molecule has 21 heavy (non-hydrogen) atoms. The van der Waals surface area contributed by atoms with Crippen LogP contribution < -0.4 is 10.1 Å². The van der Waals surface area contributed by atoms with Gasteiger partial charge in [0.2, 0.25) is 0 Å². The number of benzene rings is 2. The van der Waals surface area contributed by atoms with E-state index in [1.54, 1.807) is 13.2 Å². The third kappa shape index (κ3) is 3.24. The Kier molecular flexibility index (Phi) is 3.93. The van der Waals surface area contributed by atoms with Gasteiger partial charge in [0, 0.05) is 18.2 Å². The summed E-state index contributed by atoms with van der Waals surface area (Å²) in [5.41, 5.74) is 4.09. The molecule has 2 aromatic rings. The summed E-state index contributed by atoms with van der Waals surface area (Å²) in [5, 5.41) is 3.49. The van der Waals surface area contributed by atoms with Crippen LogP contribution in [0.2, 0.25) is 0 Å². The highest BCUT2D eigenvalue weighted by Crippen LogP contribution is 2.34. The zero-order valence-electron chi connectivity index (χ0n) is 12.4. The van der Waals surface area contributed by atoms with Crippen LogP contribution in [0.5, 0.6) is 5.75 Å². The average molecular weight is 285 g/mol. The van der Waals surface area contributed by atoms with Gasteiger partial charge < -0.3 is 10.1 Å². The second kappa shape index (κ2) is 5.86. The molecule has 0 saturated heterocycles. The molecule has 0 radical (unpaired) electrons. The van der Waals surface area contributed by atoms with E-state index in [2.05, 4.69) is 5.32 Å². The maximum absolute atomic E-state index is 13.7. The molecule has 0 spiro atoms. The fraction of sp³-hybridized carbons (Fsp3) is 0.333. The van der Waals surface area contributed by atoms with Crippen molar-refractivity contribution >= 4 is 0 Å². The minimum atomic E-state index is -0.219. The Hall–Kier alpha value is -1.87. The molecule has 0 bridgehead atoms. The molecule has 2 aromatic carbocycles. The van der Waals surface area contributed by atoms with Crippen LogP contribution in [0.1, 0.15) is 24.0 Å². The van der Waals surface area contributed by atoms with Gasteiger partial charge in [-0.3, -0.25) is 0 Å². The maximum atomic E-state index is 13.7. The topological polar surface area (TPSA) is 21.3 Å². The van der Waals surface area contributed by atoms with Crippen molar-refractivity contribution < 1.29 is 9.13 Å². The van der Waals surface area contributed by atoms with Gasteiger partial charge in [0.25, 0.3) is 0 Å². The van der Waals surface area contributed by atoms with Crippen LogP contribution in [0.3, 0.4) is 0 Å². The molecular formula is C18H20FNO. The normalized spacial score (nSPS) is 14.2. The lowest BCUT2D eigenvalue weighted by atomic mass is 9.97. The summed E-state index contributed by atoms with van der Waals surface area (Å²) in [6.07, 6.45) is 2.48. The van der Waals surface area contributed by atoms with Gasteiger partial charge in [-0.05, 0) is 55.2 Å². The van der Waals surface area contributed by atoms with Gasteiger partial charge in [0.15, 0.2) is 0 Å². The molecule has 110 valence electrons. The van der Waals surface area contributed by atoms with Crippen molar-refractivity contribution in [3.8, 4) is 16.9 Å². The number of halogens is 1. The first-order valence-corrected chi connectivity index (χ1v) is 7.34. The Bertz CT molecular complexity index is 650. The summed E-state index contributed by atoms with van der Waals surface area (Å²) in [6, 6.07) is 11.6. The molecule has 3 heteroatoms. The van der Waals surface area contributed by atoms with Crippen LogP contribution in [0, 0.1) is 12.7 Å². The van der Waals surface area contributed by atoms with Crippen LogP contribution >= 0.6 is 0 Å². The first-order valence-electron chi connectivity index (χ1n) is 7.34. The lowest BCUT2D eigenvalue weighted by Crippen LogP contribution is -2.16. The molecule has 1 N–H and O–H groups in total. The van der Waals surface area contributed by atoms with Gasteiger partial charge in [-0.15, -0.1) is 0 Å². The van der Waals surface area contributed by atoms with Crippen molar-refractivity contribution in [1.29, 1.82) is 0 Å². The third-order valence-electron chi connectivity index (χ3n) is 3.88. The standard InChI is InChI=1S/C18H20FNO/c1-12-3-8-18(21-2)17(9-12)16-10-14(19)5-4-13(16)11-20-15-6-7-15/h3-5,8-10,15,20H,6-7,11H2,1-2H3. The fourth-order valence-corrected chi connectivity index (χ4v) is 2.53. The number of nitrogens with one attached hydrogen (secondary N) is 1. The quantitative estimate of drug-likeness (QED) is 0.894. The summed E-state index contributed by atoms with van der Waals surface area (Å²) in [4.78, 5) is 0. The van der Waals surface area contributed by atoms with Crippen molar-refractivity contribution in [2.75, 3.05) is 7.11 Å². The average Bonchev–Trinajstić information content (AvgIpc) is 3.30. The van der Waals surface area contributed by atoms with E-state index in [0.717, 1.165) is 34.5 Å². The Balaban J connectivity index is 2.02. The van der Waals surface area contributed by atoms with Crippen LogP contribution in [0.4, 0.5) is 4.39 Å². The van der Waals surface area contributed by atoms with Gasteiger partial charge in [-0.2, -0.15) is 0 Å². The van der Waals surface area contributed by atoms with Crippen LogP contribution in [-0.2, 0) is 6.54 Å². The Morgan fingerprint density at radius 1 is 1.14 bits per heavy atom. The van der Waals surface area contributed by atoms with E-state index >= 15 is 0 Å². The number of methoxy groups -OCH3 is 1. The van der Waals surface area contributed by atoms with Gasteiger partial charge in [-0.1, -0.05) is 17.7 Å². The van der Waals surface area contributed by atoms with Crippen LogP contribution in [0.15, 0.2) is 36.4 Å². The second-order valence-corrected chi connectivity index (χ2v) is 5.66. The molecule has 1 fully saturated rings. The monoisotopic (exact) mass is 285 g/mol. The fourth-order valence-electron chi connectivity index (χ4n) is 2.53. The van der Waals surface area contributed by atoms with Crippen molar-refractivity contribution in [3.05, 3.63) is 53.3 Å². The molecular weight excluding hydrogens is 265 g/mol. The molecule has 0 unspecified atom stereocenters. The van der Waals surface area contributed by atoms with Crippen molar-refractivity contribution in [2.24, 2.45) is 0 Å². The molecule has 3 rings (SSSR count). The SMILES string of the molecule is COc1ccc(C)cc1-c1cc(F)ccc1CNC1CC1. The predicted octanol–water partition coefficient (Wildman–Crippen LogP) is 4.06. The Labute approximate surface area is 125 Å². The number of rotatable bonds is 5. The second-order valence-electron chi connectivity index (χ2n) is 5.66. The largest absolute Gasteiger partial charge is 0.496 e. The lowest BCUT2D eigenvalue weighted by Gasteiger charge is -2.15. The number of hydrogen-bond acceptors (Lipinski definition) is 2. The van der Waals surface area contributed by atoms with E-state index in [1.807, 2.05) is 31.2 Å². The lowest BCUT2D eigenvalue weighted by molar-refractivity contribution is 0.416. The van der Waals surface area contributed by atoms with E-state index in [-0.39, 0.29) is 5.82 Å². The van der Waals surface area contributed by atoms with Crippen LogP contribution in [-0.4, -0.2) is 13.2 Å². The van der Waals surface area contributed by atoms with Gasteiger partial charge >= 0.3 is 0 Å². The Morgan fingerprint density at radius 2 is 1.95 bits per heavy atom. The first-order chi connectivity index (χ1) is 10.2. The number of hydrogen-bond donors (Lipinski definition) is 1. The molecule has 1 aliphatic carbocycles. The summed E-state index contributed by atoms with van der Waals surface area (Å²) in [6.45, 7) is 2.79. The highest BCUT2D eigenvalue weighted by Gasteiger charge is 2.21. The minimum absolute atomic E-state index is 0.219. The molecule has 2 nitrogen and oxygen atoms in total. The van der Waals surface area contributed by atoms with Gasteiger partial charge in [0.1, 0.15) is 11.6 Å². The van der Waals surface area contributed by atoms with E-state index < -0.39 is 0 Å². The van der Waals surface area contributed by atoms with E-state index in [1.165, 1.54) is 18.9 Å².